The van der Waals surface area contributed by atoms with Gasteiger partial charge in [-0.3, -0.25) is 9.59 Å². The summed E-state index contributed by atoms with van der Waals surface area (Å²) in [7, 11) is 0. The van der Waals surface area contributed by atoms with Crippen molar-refractivity contribution >= 4 is 11.9 Å². The summed E-state index contributed by atoms with van der Waals surface area (Å²) in [6, 6.07) is 0. The first-order valence-electron chi connectivity index (χ1n) is 16.2. The molecule has 4 heteroatoms. The van der Waals surface area contributed by atoms with Crippen molar-refractivity contribution in [2.24, 2.45) is 0 Å². The minimum absolute atomic E-state index is 0.170. The molecule has 40 heavy (non-hydrogen) atoms. The molecule has 0 heterocycles. The van der Waals surface area contributed by atoms with Crippen LogP contribution >= 0.6 is 0 Å². The van der Waals surface area contributed by atoms with E-state index >= 15 is 0 Å². The van der Waals surface area contributed by atoms with E-state index in [-0.39, 0.29) is 11.9 Å². The molecule has 4 nitrogen and oxygen atoms in total. The van der Waals surface area contributed by atoms with E-state index in [1.165, 1.54) is 84.5 Å². The molecule has 0 aliphatic carbocycles. The molecule has 0 amide bonds. The quantitative estimate of drug-likeness (QED) is 0.0511. The van der Waals surface area contributed by atoms with Gasteiger partial charge in [-0.25, -0.2) is 0 Å². The fourth-order valence-corrected chi connectivity index (χ4v) is 3.69. The molecule has 0 aromatic carbocycles. The molecule has 0 N–H and O–H groups in total. The maximum Gasteiger partial charge on any atom is 0.302 e. The fourth-order valence-electron chi connectivity index (χ4n) is 3.69. The number of ether oxygens (including phenoxy) is 2. The molecule has 0 atom stereocenters. The molecule has 0 saturated heterocycles. The van der Waals surface area contributed by atoms with Gasteiger partial charge in [-0.2, -0.15) is 0 Å². The van der Waals surface area contributed by atoms with Gasteiger partial charge in [0.25, 0.3) is 0 Å². The second-order valence-electron chi connectivity index (χ2n) is 10.2. The first-order chi connectivity index (χ1) is 19.5. The number of rotatable bonds is 24. The summed E-state index contributed by atoms with van der Waals surface area (Å²) in [5.41, 5.74) is 0. The number of hydrogen-bond donors (Lipinski definition) is 0. The molecule has 0 radical (unpaired) electrons. The first kappa shape index (κ1) is 39.9. The van der Waals surface area contributed by atoms with Crippen molar-refractivity contribution in [2.75, 3.05) is 13.2 Å². The average Bonchev–Trinajstić information content (AvgIpc) is 2.93. The Bertz CT molecular complexity index is 693. The predicted molar refractivity (Wildman–Crippen MR) is 172 cm³/mol. The van der Waals surface area contributed by atoms with E-state index in [0.717, 1.165) is 57.8 Å². The van der Waals surface area contributed by atoms with Gasteiger partial charge < -0.3 is 9.47 Å². The Morgan fingerprint density at radius 2 is 0.875 bits per heavy atom. The van der Waals surface area contributed by atoms with Crippen molar-refractivity contribution in [1.29, 1.82) is 0 Å². The Labute approximate surface area is 248 Å². The van der Waals surface area contributed by atoms with Gasteiger partial charge in [0.05, 0.1) is 13.2 Å². The van der Waals surface area contributed by atoms with Gasteiger partial charge in [-0.05, 0) is 64.2 Å². The van der Waals surface area contributed by atoms with E-state index in [1.807, 2.05) is 0 Å². The highest BCUT2D eigenvalue weighted by Gasteiger charge is 1.94. The zero-order valence-corrected chi connectivity index (χ0v) is 26.7. The van der Waals surface area contributed by atoms with Crippen LogP contribution in [0.15, 0.2) is 36.5 Å². The van der Waals surface area contributed by atoms with E-state index in [2.05, 4.69) is 62.1 Å². The van der Waals surface area contributed by atoms with Crippen molar-refractivity contribution in [3.8, 4) is 11.8 Å². The zero-order chi connectivity index (χ0) is 29.8. The van der Waals surface area contributed by atoms with Gasteiger partial charge in [0.15, 0.2) is 0 Å². The van der Waals surface area contributed by atoms with E-state index in [4.69, 9.17) is 9.47 Å². The topological polar surface area (TPSA) is 52.6 Å². The van der Waals surface area contributed by atoms with Crippen LogP contribution in [0.25, 0.3) is 0 Å². The number of allylic oxidation sites excluding steroid dienone is 6. The van der Waals surface area contributed by atoms with Crippen molar-refractivity contribution in [1.82, 2.24) is 0 Å². The predicted octanol–water partition coefficient (Wildman–Crippen LogP) is 10.6. The van der Waals surface area contributed by atoms with Gasteiger partial charge in [0.1, 0.15) is 0 Å². The smallest absolute Gasteiger partial charge is 0.302 e. The minimum atomic E-state index is -0.181. The van der Waals surface area contributed by atoms with Crippen LogP contribution in [0, 0.1) is 11.8 Å². The molecule has 0 aliphatic heterocycles. The highest BCUT2D eigenvalue weighted by molar-refractivity contribution is 5.66. The lowest BCUT2D eigenvalue weighted by Gasteiger charge is -2.00. The van der Waals surface area contributed by atoms with Crippen molar-refractivity contribution in [3.63, 3.8) is 0 Å². The largest absolute Gasteiger partial charge is 0.466 e. The summed E-state index contributed by atoms with van der Waals surface area (Å²) in [4.78, 5) is 21.1. The van der Waals surface area contributed by atoms with Crippen molar-refractivity contribution in [2.45, 2.75) is 156 Å². The summed E-state index contributed by atoms with van der Waals surface area (Å²) in [5, 5.41) is 0. The molecular weight excluding hydrogens is 496 g/mol. The summed E-state index contributed by atoms with van der Waals surface area (Å²) in [6.45, 7) is 8.50. The number of unbranched alkanes of at least 4 members (excludes halogenated alkanes) is 14. The molecule has 0 aliphatic rings. The summed E-state index contributed by atoms with van der Waals surface area (Å²) < 4.78 is 9.77. The van der Waals surface area contributed by atoms with Gasteiger partial charge in [-0.1, -0.05) is 102 Å². The monoisotopic (exact) mass is 558 g/mol. The van der Waals surface area contributed by atoms with Gasteiger partial charge in [0.2, 0.25) is 0 Å². The van der Waals surface area contributed by atoms with Gasteiger partial charge >= 0.3 is 11.9 Å². The van der Waals surface area contributed by atoms with E-state index in [1.54, 1.807) is 0 Å². The number of carbonyl (C=O) groups excluding carboxylic acids is 2. The lowest BCUT2D eigenvalue weighted by atomic mass is 10.1. The standard InChI is InChI=1S/C18H32O2.C18H30O2/c2*1-3-4-5-6-7-8-9-10-11-12-13-14-15-16-17-20-18(2)19/h6-7,10-11H,3-5,8-9,12-17H2,1-2H3;6-7H,3-5,8-9,12-17H2,1-2H3/b7-6+,11-10-;7-6+. The Kier molecular flexibility index (Phi) is 36.6. The molecule has 0 unspecified atom stereocenters. The Morgan fingerprint density at radius 1 is 0.475 bits per heavy atom. The first-order valence-corrected chi connectivity index (χ1v) is 16.2. The zero-order valence-electron chi connectivity index (χ0n) is 26.7. The van der Waals surface area contributed by atoms with Crippen LogP contribution < -0.4 is 0 Å². The Morgan fingerprint density at radius 3 is 1.38 bits per heavy atom. The number of esters is 2. The lowest BCUT2D eigenvalue weighted by Crippen LogP contribution is -1.99. The van der Waals surface area contributed by atoms with Crippen molar-refractivity contribution < 1.29 is 19.1 Å². The second kappa shape index (κ2) is 36.7. The second-order valence-corrected chi connectivity index (χ2v) is 10.2. The minimum Gasteiger partial charge on any atom is -0.466 e. The Hall–Kier alpha value is -2.28. The van der Waals surface area contributed by atoms with Crippen LogP contribution in [0.1, 0.15) is 156 Å². The van der Waals surface area contributed by atoms with E-state index in [0.29, 0.717) is 13.2 Å². The van der Waals surface area contributed by atoms with Crippen molar-refractivity contribution in [3.05, 3.63) is 36.5 Å². The van der Waals surface area contributed by atoms with E-state index in [9.17, 15) is 9.59 Å². The summed E-state index contributed by atoms with van der Waals surface area (Å²) in [6.07, 6.45) is 36.9. The van der Waals surface area contributed by atoms with E-state index < -0.39 is 0 Å². The van der Waals surface area contributed by atoms with Crippen LogP contribution in [-0.2, 0) is 19.1 Å². The number of hydrogen-bond acceptors (Lipinski definition) is 4. The molecule has 0 aromatic rings. The third-order valence-corrected chi connectivity index (χ3v) is 6.08. The molecule has 0 spiro atoms. The highest BCUT2D eigenvalue weighted by atomic mass is 16.5. The average molecular weight is 559 g/mol. The molecule has 0 rings (SSSR count). The van der Waals surface area contributed by atoms with Crippen LogP contribution in [0.2, 0.25) is 0 Å². The van der Waals surface area contributed by atoms with Crippen LogP contribution in [0.4, 0.5) is 0 Å². The molecule has 0 fully saturated rings. The van der Waals surface area contributed by atoms with Gasteiger partial charge in [0, 0.05) is 26.7 Å². The molecule has 230 valence electrons. The maximum atomic E-state index is 10.5. The lowest BCUT2D eigenvalue weighted by molar-refractivity contribution is -0.142. The summed E-state index contributed by atoms with van der Waals surface area (Å²) >= 11 is 0. The fraction of sp³-hybridized carbons (Fsp3) is 0.722. The van der Waals surface area contributed by atoms with Crippen LogP contribution in [0.3, 0.4) is 0 Å². The maximum absolute atomic E-state index is 10.5. The van der Waals surface area contributed by atoms with Crippen LogP contribution in [0.5, 0.6) is 0 Å². The Balaban J connectivity index is 0. The summed E-state index contributed by atoms with van der Waals surface area (Å²) in [5.74, 6) is 6.10. The third kappa shape index (κ3) is 42.8. The molecular formula is C36H62O4. The molecule has 0 bridgehead atoms. The molecule has 0 aromatic heterocycles. The SMILES string of the molecule is CCCC/C=C/CC/C=C\CCCCCCOC(C)=O.CCCC/C=C/CCC#CCCCCCCOC(C)=O. The van der Waals surface area contributed by atoms with Gasteiger partial charge in [-0.15, -0.1) is 11.8 Å². The normalized spacial score (nSPS) is 10.9. The van der Waals surface area contributed by atoms with Crippen LogP contribution in [-0.4, -0.2) is 25.2 Å². The molecule has 0 saturated carbocycles. The highest BCUT2D eigenvalue weighted by Crippen LogP contribution is 2.06. The third-order valence-electron chi connectivity index (χ3n) is 6.08. The number of carbonyl (C=O) groups is 2.